The van der Waals surface area contributed by atoms with Crippen molar-refractivity contribution < 1.29 is 4.79 Å². The highest BCUT2D eigenvalue weighted by molar-refractivity contribution is 6.05. The van der Waals surface area contributed by atoms with Gasteiger partial charge in [0.1, 0.15) is 0 Å². The number of hydrogen-bond donors (Lipinski definition) is 3. The Hall–Kier alpha value is -2.66. The van der Waals surface area contributed by atoms with E-state index in [1.54, 1.807) is 24.3 Å². The number of benzene rings is 2. The molecule has 0 saturated carbocycles. The molecule has 0 aliphatic heterocycles. The van der Waals surface area contributed by atoms with Crippen LogP contribution in [-0.2, 0) is 0 Å². The van der Waals surface area contributed by atoms with Crippen LogP contribution in [0, 0.1) is 5.41 Å². The minimum atomic E-state index is -0.181. The average Bonchev–Trinajstić information content (AvgIpc) is 2.55. The number of anilines is 2. The monoisotopic (exact) mass is 324 g/mol. The van der Waals surface area contributed by atoms with E-state index in [0.29, 0.717) is 35.1 Å². The molecule has 2 rings (SSSR count). The third-order valence-corrected chi connectivity index (χ3v) is 4.05. The van der Waals surface area contributed by atoms with Crippen molar-refractivity contribution in [2.24, 2.45) is 0 Å². The molecule has 0 spiro atoms. The van der Waals surface area contributed by atoms with E-state index in [9.17, 15) is 4.79 Å². The molecule has 0 aromatic heterocycles. The van der Waals surface area contributed by atoms with Crippen molar-refractivity contribution in [3.63, 3.8) is 0 Å². The van der Waals surface area contributed by atoms with Gasteiger partial charge in [-0.3, -0.25) is 4.79 Å². The Morgan fingerprint density at radius 1 is 1.08 bits per heavy atom. The quantitative estimate of drug-likeness (QED) is 0.563. The van der Waals surface area contributed by atoms with Crippen LogP contribution in [-0.4, -0.2) is 36.7 Å². The normalized spacial score (nSPS) is 12.0. The molecule has 0 bridgehead atoms. The van der Waals surface area contributed by atoms with Crippen LogP contribution in [0.4, 0.5) is 11.4 Å². The van der Waals surface area contributed by atoms with Crippen molar-refractivity contribution >= 4 is 23.0 Å². The first-order valence-electron chi connectivity index (χ1n) is 7.88. The van der Waals surface area contributed by atoms with Gasteiger partial charge in [0.25, 0.3) is 5.91 Å². The summed E-state index contributed by atoms with van der Waals surface area (Å²) in [6.07, 6.45) is 0.685. The lowest BCUT2D eigenvalue weighted by atomic mass is 10.0. The second-order valence-electron chi connectivity index (χ2n) is 6.15. The molecule has 0 aliphatic carbocycles. The lowest BCUT2D eigenvalue weighted by Gasteiger charge is -2.20. The Morgan fingerprint density at radius 2 is 1.62 bits per heavy atom. The lowest BCUT2D eigenvalue weighted by Crippen LogP contribution is -2.27. The minimum Gasteiger partial charge on any atom is -0.399 e. The van der Waals surface area contributed by atoms with Crippen LogP contribution >= 0.6 is 0 Å². The maximum absolute atomic E-state index is 12.2. The molecule has 2 aromatic carbocycles. The van der Waals surface area contributed by atoms with Gasteiger partial charge in [0.15, 0.2) is 0 Å². The summed E-state index contributed by atoms with van der Waals surface area (Å²) < 4.78 is 0. The zero-order valence-electron chi connectivity index (χ0n) is 14.3. The summed E-state index contributed by atoms with van der Waals surface area (Å²) in [5, 5.41) is 11.0. The van der Waals surface area contributed by atoms with Gasteiger partial charge in [-0.25, -0.2) is 0 Å². The van der Waals surface area contributed by atoms with Crippen LogP contribution < -0.4 is 11.1 Å². The van der Waals surface area contributed by atoms with E-state index >= 15 is 0 Å². The Labute approximate surface area is 143 Å². The van der Waals surface area contributed by atoms with Gasteiger partial charge in [-0.15, -0.1) is 0 Å². The van der Waals surface area contributed by atoms with Crippen molar-refractivity contribution in [3.8, 4) is 0 Å². The fraction of sp³-hybridized carbons (Fsp3) is 0.263. The Balaban J connectivity index is 2.00. The van der Waals surface area contributed by atoms with Crippen LogP contribution in [0.1, 0.15) is 29.3 Å². The molecule has 2 aromatic rings. The van der Waals surface area contributed by atoms with E-state index in [0.717, 1.165) is 5.56 Å². The van der Waals surface area contributed by atoms with Crippen LogP contribution in [0.15, 0.2) is 48.5 Å². The summed E-state index contributed by atoms with van der Waals surface area (Å²) in [7, 11) is 4.02. The van der Waals surface area contributed by atoms with Gasteiger partial charge in [-0.05, 0) is 63.0 Å². The van der Waals surface area contributed by atoms with E-state index in [-0.39, 0.29) is 5.91 Å². The highest BCUT2D eigenvalue weighted by Crippen LogP contribution is 2.15. The van der Waals surface area contributed by atoms with E-state index in [2.05, 4.69) is 17.1 Å². The molecule has 0 radical (unpaired) electrons. The van der Waals surface area contributed by atoms with E-state index in [1.807, 2.05) is 38.4 Å². The van der Waals surface area contributed by atoms with Gasteiger partial charge < -0.3 is 21.4 Å². The number of nitrogen functional groups attached to an aromatic ring is 1. The predicted octanol–water partition coefficient (Wildman–Crippen LogP) is 3.23. The molecule has 0 fully saturated rings. The van der Waals surface area contributed by atoms with Gasteiger partial charge in [0.2, 0.25) is 0 Å². The molecule has 126 valence electrons. The maximum atomic E-state index is 12.2. The molecule has 4 N–H and O–H groups in total. The van der Waals surface area contributed by atoms with Crippen molar-refractivity contribution in [1.82, 2.24) is 4.90 Å². The number of carbonyl (C=O) groups is 1. The van der Waals surface area contributed by atoms with E-state index < -0.39 is 0 Å². The summed E-state index contributed by atoms with van der Waals surface area (Å²) in [5.41, 5.74) is 8.97. The first-order valence-corrected chi connectivity index (χ1v) is 7.88. The average molecular weight is 324 g/mol. The molecular formula is C19H24N4O. The zero-order chi connectivity index (χ0) is 17.7. The van der Waals surface area contributed by atoms with Gasteiger partial charge in [-0.1, -0.05) is 12.1 Å². The standard InChI is InChI=1S/C19H24N4O/c1-13(23(2)3)12-18(21)14-6-10-17(11-7-14)22-19(24)15-4-8-16(20)9-5-15/h4-11,13,21H,12,20H2,1-3H3,(H,22,24). The van der Waals surface area contributed by atoms with Crippen molar-refractivity contribution in [3.05, 3.63) is 59.7 Å². The second-order valence-corrected chi connectivity index (χ2v) is 6.15. The van der Waals surface area contributed by atoms with Gasteiger partial charge in [0.05, 0.1) is 0 Å². The molecule has 5 nitrogen and oxygen atoms in total. The van der Waals surface area contributed by atoms with Gasteiger partial charge in [-0.2, -0.15) is 0 Å². The highest BCUT2D eigenvalue weighted by atomic mass is 16.1. The SMILES string of the molecule is CC(CC(=N)c1ccc(NC(=O)c2ccc(N)cc2)cc1)N(C)C. The topological polar surface area (TPSA) is 82.2 Å². The number of nitrogens with one attached hydrogen (secondary N) is 2. The van der Waals surface area contributed by atoms with Crippen LogP contribution in [0.2, 0.25) is 0 Å². The van der Waals surface area contributed by atoms with Gasteiger partial charge in [0, 0.05) is 35.1 Å². The summed E-state index contributed by atoms with van der Waals surface area (Å²) >= 11 is 0. The van der Waals surface area contributed by atoms with Crippen molar-refractivity contribution in [2.75, 3.05) is 25.1 Å². The fourth-order valence-corrected chi connectivity index (χ4v) is 2.19. The molecular weight excluding hydrogens is 300 g/mol. The highest BCUT2D eigenvalue weighted by Gasteiger charge is 2.10. The Bertz CT molecular complexity index is 705. The van der Waals surface area contributed by atoms with Crippen LogP contribution in [0.25, 0.3) is 0 Å². The van der Waals surface area contributed by atoms with Crippen LogP contribution in [0.3, 0.4) is 0 Å². The maximum Gasteiger partial charge on any atom is 0.255 e. The molecule has 5 heteroatoms. The molecule has 1 atom stereocenters. The molecule has 1 unspecified atom stereocenters. The summed E-state index contributed by atoms with van der Waals surface area (Å²) in [6.45, 7) is 2.09. The predicted molar refractivity (Wildman–Crippen MR) is 99.8 cm³/mol. The molecule has 0 heterocycles. The van der Waals surface area contributed by atoms with Crippen molar-refractivity contribution in [1.29, 1.82) is 5.41 Å². The summed E-state index contributed by atoms with van der Waals surface area (Å²) in [4.78, 5) is 14.3. The first-order chi connectivity index (χ1) is 11.4. The molecule has 0 saturated heterocycles. The fourth-order valence-electron chi connectivity index (χ4n) is 2.19. The number of nitrogens with two attached hydrogens (primary N) is 1. The number of rotatable bonds is 6. The Morgan fingerprint density at radius 3 is 2.17 bits per heavy atom. The van der Waals surface area contributed by atoms with E-state index in [4.69, 9.17) is 11.1 Å². The smallest absolute Gasteiger partial charge is 0.255 e. The number of amides is 1. The molecule has 1 amide bonds. The molecule has 24 heavy (non-hydrogen) atoms. The first kappa shape index (κ1) is 17.7. The molecule has 0 aliphatic rings. The van der Waals surface area contributed by atoms with Gasteiger partial charge >= 0.3 is 0 Å². The third-order valence-electron chi connectivity index (χ3n) is 4.05. The zero-order valence-corrected chi connectivity index (χ0v) is 14.3. The lowest BCUT2D eigenvalue weighted by molar-refractivity contribution is 0.102. The van der Waals surface area contributed by atoms with Crippen molar-refractivity contribution in [2.45, 2.75) is 19.4 Å². The second kappa shape index (κ2) is 7.75. The largest absolute Gasteiger partial charge is 0.399 e. The van der Waals surface area contributed by atoms with E-state index in [1.165, 1.54) is 0 Å². The number of carbonyl (C=O) groups excluding carboxylic acids is 1. The minimum absolute atomic E-state index is 0.181. The van der Waals surface area contributed by atoms with Crippen LogP contribution in [0.5, 0.6) is 0 Å². The Kier molecular flexibility index (Phi) is 5.71. The number of hydrogen-bond acceptors (Lipinski definition) is 4. The number of nitrogens with zero attached hydrogens (tertiary/aromatic N) is 1. The summed E-state index contributed by atoms with van der Waals surface area (Å²) in [5.74, 6) is -0.181. The summed E-state index contributed by atoms with van der Waals surface area (Å²) in [6, 6.07) is 14.5. The third kappa shape index (κ3) is 4.67.